The van der Waals surface area contributed by atoms with Crippen LogP contribution >= 0.6 is 0 Å². The number of methoxy groups -OCH3 is 2. The monoisotopic (exact) mass is 408 g/mol. The molecule has 0 unspecified atom stereocenters. The highest BCUT2D eigenvalue weighted by Gasteiger charge is 2.22. The van der Waals surface area contributed by atoms with Gasteiger partial charge in [-0.2, -0.15) is 0 Å². The minimum absolute atomic E-state index is 0.0355. The van der Waals surface area contributed by atoms with E-state index < -0.39 is 5.97 Å². The summed E-state index contributed by atoms with van der Waals surface area (Å²) in [6.45, 7) is 3.76. The Morgan fingerprint density at radius 3 is 2.37 bits per heavy atom. The second-order valence-electron chi connectivity index (χ2n) is 7.44. The van der Waals surface area contributed by atoms with Gasteiger partial charge in [-0.05, 0) is 61.7 Å². The Kier molecular flexibility index (Phi) is 6.77. The minimum atomic E-state index is -0.414. The number of nitrogens with zero attached hydrogens (tertiary/aromatic N) is 1. The number of fused-ring (bicyclic) bond motifs is 1. The molecule has 6 heteroatoms. The first kappa shape index (κ1) is 21.4. The third-order valence-electron chi connectivity index (χ3n) is 5.25. The van der Waals surface area contributed by atoms with Crippen LogP contribution in [0.15, 0.2) is 48.5 Å². The predicted molar refractivity (Wildman–Crippen MR) is 117 cm³/mol. The lowest BCUT2D eigenvalue weighted by Crippen LogP contribution is -2.41. The molecule has 3 rings (SSSR count). The first-order valence-corrected chi connectivity index (χ1v) is 10.0. The van der Waals surface area contributed by atoms with Crippen molar-refractivity contribution in [3.05, 3.63) is 54.1 Å². The molecule has 0 atom stereocenters. The smallest absolute Gasteiger partial charge is 0.325 e. The number of rotatable bonds is 8. The van der Waals surface area contributed by atoms with E-state index in [4.69, 9.17) is 9.47 Å². The molecule has 3 aromatic rings. The van der Waals surface area contributed by atoms with Crippen molar-refractivity contribution in [2.45, 2.75) is 32.7 Å². The molecule has 0 aliphatic carbocycles. The summed E-state index contributed by atoms with van der Waals surface area (Å²) < 4.78 is 10.0. The molecule has 30 heavy (non-hydrogen) atoms. The first-order valence-electron chi connectivity index (χ1n) is 10.0. The van der Waals surface area contributed by atoms with Crippen molar-refractivity contribution in [2.24, 2.45) is 0 Å². The van der Waals surface area contributed by atoms with Gasteiger partial charge < -0.3 is 19.4 Å². The molecular weight excluding hydrogens is 380 g/mol. The van der Waals surface area contributed by atoms with E-state index in [0.29, 0.717) is 12.8 Å². The number of para-hydroxylation sites is 1. The predicted octanol–water partition coefficient (Wildman–Crippen LogP) is 4.19. The summed E-state index contributed by atoms with van der Waals surface area (Å²) in [6, 6.07) is 15.9. The molecule has 1 N–H and O–H groups in total. The Bertz CT molecular complexity index is 1020. The van der Waals surface area contributed by atoms with E-state index in [2.05, 4.69) is 11.1 Å². The van der Waals surface area contributed by atoms with Crippen molar-refractivity contribution in [3.8, 4) is 17.0 Å². The number of esters is 1. The van der Waals surface area contributed by atoms with Crippen LogP contribution in [0.25, 0.3) is 22.2 Å². The van der Waals surface area contributed by atoms with E-state index in [-0.39, 0.29) is 18.5 Å². The highest BCUT2D eigenvalue weighted by Crippen LogP contribution is 2.32. The number of nitrogens with one attached hydrogen (secondary N) is 1. The van der Waals surface area contributed by atoms with Crippen LogP contribution in [0, 0.1) is 0 Å². The van der Waals surface area contributed by atoms with E-state index >= 15 is 0 Å². The van der Waals surface area contributed by atoms with Crippen molar-refractivity contribution in [1.82, 2.24) is 9.88 Å². The number of hydrogen-bond donors (Lipinski definition) is 1. The molecule has 2 aromatic carbocycles. The minimum Gasteiger partial charge on any atom is -0.497 e. The summed E-state index contributed by atoms with van der Waals surface area (Å²) in [6.07, 6.45) is 0.870. The zero-order chi connectivity index (χ0) is 21.7. The second kappa shape index (κ2) is 9.48. The van der Waals surface area contributed by atoms with Gasteiger partial charge in [-0.25, -0.2) is 0 Å². The standard InChI is InChI=1S/C24H28N2O4/c1-16(2)26(15-23(28)30-4)22(27)14-13-20-19-7-5-6-8-21(19)25-24(20)17-9-11-18(29-3)12-10-17/h5-12,16,25H,13-15H2,1-4H3. The molecule has 1 amide bonds. The number of ether oxygens (including phenoxy) is 2. The Hall–Kier alpha value is -3.28. The Balaban J connectivity index is 1.89. The molecule has 0 bridgehead atoms. The van der Waals surface area contributed by atoms with Crippen LogP contribution in [0.1, 0.15) is 25.8 Å². The molecule has 0 fully saturated rings. The van der Waals surface area contributed by atoms with Crippen LogP contribution in [-0.4, -0.2) is 48.6 Å². The molecule has 0 aliphatic rings. The summed E-state index contributed by atoms with van der Waals surface area (Å²) in [7, 11) is 2.97. The van der Waals surface area contributed by atoms with Gasteiger partial charge in [0.2, 0.25) is 5.91 Å². The molecule has 1 aromatic heterocycles. The first-order chi connectivity index (χ1) is 14.4. The van der Waals surface area contributed by atoms with Gasteiger partial charge in [0, 0.05) is 29.1 Å². The van der Waals surface area contributed by atoms with Crippen LogP contribution in [-0.2, 0) is 20.7 Å². The van der Waals surface area contributed by atoms with Crippen molar-refractivity contribution >= 4 is 22.8 Å². The lowest BCUT2D eigenvalue weighted by Gasteiger charge is -2.25. The molecule has 6 nitrogen and oxygen atoms in total. The summed E-state index contributed by atoms with van der Waals surface area (Å²) in [5.41, 5.74) is 4.15. The van der Waals surface area contributed by atoms with Gasteiger partial charge in [-0.15, -0.1) is 0 Å². The Morgan fingerprint density at radius 1 is 1.03 bits per heavy atom. The van der Waals surface area contributed by atoms with Crippen LogP contribution in [0.5, 0.6) is 5.75 Å². The Labute approximate surface area is 176 Å². The lowest BCUT2D eigenvalue weighted by atomic mass is 10.0. The summed E-state index contributed by atoms with van der Waals surface area (Å²) in [5, 5.41) is 1.10. The third-order valence-corrected chi connectivity index (χ3v) is 5.25. The van der Waals surface area contributed by atoms with E-state index in [1.54, 1.807) is 12.0 Å². The van der Waals surface area contributed by atoms with Crippen molar-refractivity contribution < 1.29 is 19.1 Å². The molecular formula is C24H28N2O4. The van der Waals surface area contributed by atoms with E-state index in [1.165, 1.54) is 7.11 Å². The van der Waals surface area contributed by atoms with Gasteiger partial charge in [0.1, 0.15) is 12.3 Å². The van der Waals surface area contributed by atoms with Crippen molar-refractivity contribution in [1.29, 1.82) is 0 Å². The average molecular weight is 408 g/mol. The van der Waals surface area contributed by atoms with Crippen molar-refractivity contribution in [2.75, 3.05) is 20.8 Å². The zero-order valence-corrected chi connectivity index (χ0v) is 17.9. The van der Waals surface area contributed by atoms with Crippen molar-refractivity contribution in [3.63, 3.8) is 0 Å². The topological polar surface area (TPSA) is 71.6 Å². The number of amides is 1. The van der Waals surface area contributed by atoms with Gasteiger partial charge in [0.05, 0.1) is 14.2 Å². The Morgan fingerprint density at radius 2 is 1.73 bits per heavy atom. The molecule has 0 radical (unpaired) electrons. The van der Waals surface area contributed by atoms with Gasteiger partial charge in [-0.1, -0.05) is 18.2 Å². The van der Waals surface area contributed by atoms with Gasteiger partial charge in [0.15, 0.2) is 0 Å². The van der Waals surface area contributed by atoms with Gasteiger partial charge in [-0.3, -0.25) is 9.59 Å². The van der Waals surface area contributed by atoms with E-state index in [1.807, 2.05) is 56.3 Å². The third kappa shape index (κ3) is 4.64. The lowest BCUT2D eigenvalue weighted by molar-refractivity contribution is -0.148. The fourth-order valence-electron chi connectivity index (χ4n) is 3.60. The number of H-pyrrole nitrogens is 1. The van der Waals surface area contributed by atoms with Crippen LogP contribution in [0.3, 0.4) is 0 Å². The quantitative estimate of drug-likeness (QED) is 0.568. The summed E-state index contributed by atoms with van der Waals surface area (Å²) in [4.78, 5) is 29.6. The maximum atomic E-state index is 12.9. The van der Waals surface area contributed by atoms with E-state index in [0.717, 1.165) is 33.5 Å². The number of benzene rings is 2. The van der Waals surface area contributed by atoms with Gasteiger partial charge >= 0.3 is 5.97 Å². The average Bonchev–Trinajstić information content (AvgIpc) is 3.14. The van der Waals surface area contributed by atoms with Crippen LogP contribution in [0.4, 0.5) is 0 Å². The fourth-order valence-corrected chi connectivity index (χ4v) is 3.60. The van der Waals surface area contributed by atoms with Crippen LogP contribution < -0.4 is 4.74 Å². The maximum Gasteiger partial charge on any atom is 0.325 e. The number of carbonyl (C=O) groups is 2. The number of hydrogen-bond acceptors (Lipinski definition) is 4. The number of carbonyl (C=O) groups excluding carboxylic acids is 2. The molecule has 0 saturated heterocycles. The second-order valence-corrected chi connectivity index (χ2v) is 7.44. The molecule has 1 heterocycles. The number of aryl methyl sites for hydroxylation is 1. The highest BCUT2D eigenvalue weighted by atomic mass is 16.5. The largest absolute Gasteiger partial charge is 0.497 e. The zero-order valence-electron chi connectivity index (χ0n) is 17.9. The molecule has 0 spiro atoms. The maximum absolute atomic E-state index is 12.9. The summed E-state index contributed by atoms with van der Waals surface area (Å²) in [5.74, 6) is 0.311. The molecule has 0 saturated carbocycles. The summed E-state index contributed by atoms with van der Waals surface area (Å²) >= 11 is 0. The highest BCUT2D eigenvalue weighted by molar-refractivity contribution is 5.91. The van der Waals surface area contributed by atoms with Gasteiger partial charge in [0.25, 0.3) is 0 Å². The van der Waals surface area contributed by atoms with Crippen LogP contribution in [0.2, 0.25) is 0 Å². The fraction of sp³-hybridized carbons (Fsp3) is 0.333. The number of aromatic amines is 1. The van der Waals surface area contributed by atoms with E-state index in [9.17, 15) is 9.59 Å². The SMILES string of the molecule is COC(=O)CN(C(=O)CCc1c(-c2ccc(OC)cc2)[nH]c2ccccc12)C(C)C. The normalized spacial score (nSPS) is 11.0. The number of aromatic nitrogens is 1. The molecule has 0 aliphatic heterocycles. The molecule has 158 valence electrons.